The van der Waals surface area contributed by atoms with Crippen LogP contribution >= 0.6 is 11.6 Å². The van der Waals surface area contributed by atoms with Gasteiger partial charge in [-0.15, -0.1) is 0 Å². The summed E-state index contributed by atoms with van der Waals surface area (Å²) in [6.07, 6.45) is 8.55. The summed E-state index contributed by atoms with van der Waals surface area (Å²) in [5.41, 5.74) is 0.991. The Morgan fingerprint density at radius 1 is 1.37 bits per heavy atom. The SMILES string of the molecule is OCC1(C2=CCCC=C2)Cc2cc(Cl)c(F)cc2O1. The second kappa shape index (κ2) is 4.66. The Hall–Kier alpha value is -1.32. The Labute approximate surface area is 116 Å². The third kappa shape index (κ3) is 2.07. The van der Waals surface area contributed by atoms with Crippen LogP contribution in [0, 0.1) is 5.82 Å². The van der Waals surface area contributed by atoms with Crippen LogP contribution in [0.4, 0.5) is 4.39 Å². The van der Waals surface area contributed by atoms with Crippen molar-refractivity contribution in [3.63, 3.8) is 0 Å². The first-order valence-electron chi connectivity index (χ1n) is 6.29. The minimum absolute atomic E-state index is 0.0873. The largest absolute Gasteiger partial charge is 0.479 e. The summed E-state index contributed by atoms with van der Waals surface area (Å²) in [7, 11) is 0. The molecule has 0 fully saturated rings. The Balaban J connectivity index is 2.00. The van der Waals surface area contributed by atoms with Gasteiger partial charge in [0.15, 0.2) is 5.60 Å². The lowest BCUT2D eigenvalue weighted by molar-refractivity contribution is 0.0619. The predicted molar refractivity (Wildman–Crippen MR) is 72.0 cm³/mol. The van der Waals surface area contributed by atoms with Crippen LogP contribution in [-0.4, -0.2) is 17.3 Å². The molecule has 0 radical (unpaired) electrons. The minimum atomic E-state index is -0.795. The molecule has 1 atom stereocenters. The number of rotatable bonds is 2. The van der Waals surface area contributed by atoms with E-state index in [4.69, 9.17) is 16.3 Å². The van der Waals surface area contributed by atoms with E-state index in [9.17, 15) is 9.50 Å². The van der Waals surface area contributed by atoms with E-state index in [0.29, 0.717) is 12.2 Å². The highest BCUT2D eigenvalue weighted by Gasteiger charge is 2.42. The topological polar surface area (TPSA) is 29.5 Å². The summed E-state index contributed by atoms with van der Waals surface area (Å²) in [5, 5.41) is 9.84. The number of aliphatic hydroxyl groups is 1. The van der Waals surface area contributed by atoms with Crippen LogP contribution in [0.3, 0.4) is 0 Å². The van der Waals surface area contributed by atoms with Gasteiger partial charge < -0.3 is 9.84 Å². The number of hydrogen-bond donors (Lipinski definition) is 1. The molecular formula is C15H14ClFO2. The molecule has 19 heavy (non-hydrogen) atoms. The van der Waals surface area contributed by atoms with Gasteiger partial charge in [-0.2, -0.15) is 0 Å². The molecule has 0 spiro atoms. The molecule has 0 saturated carbocycles. The van der Waals surface area contributed by atoms with Crippen LogP contribution in [-0.2, 0) is 6.42 Å². The monoisotopic (exact) mass is 280 g/mol. The predicted octanol–water partition coefficient (Wildman–Crippen LogP) is 3.42. The van der Waals surface area contributed by atoms with Crippen molar-refractivity contribution in [2.45, 2.75) is 24.9 Å². The Morgan fingerprint density at radius 3 is 2.89 bits per heavy atom. The van der Waals surface area contributed by atoms with E-state index in [1.165, 1.54) is 6.07 Å². The third-order valence-corrected chi connectivity index (χ3v) is 3.95. The van der Waals surface area contributed by atoms with E-state index in [1.54, 1.807) is 6.07 Å². The number of halogens is 2. The van der Waals surface area contributed by atoms with Gasteiger partial charge in [0.05, 0.1) is 11.6 Å². The summed E-state index contributed by atoms with van der Waals surface area (Å²) >= 11 is 5.79. The fourth-order valence-electron chi connectivity index (χ4n) is 2.65. The molecule has 1 unspecified atom stereocenters. The average Bonchev–Trinajstić information content (AvgIpc) is 2.79. The standard InChI is InChI=1S/C15H14ClFO2/c16-12-6-10-8-15(9-18,11-4-2-1-3-5-11)19-14(10)7-13(12)17/h2,4-7,18H,1,3,8-9H2. The van der Waals surface area contributed by atoms with E-state index in [-0.39, 0.29) is 11.6 Å². The van der Waals surface area contributed by atoms with Crippen molar-refractivity contribution >= 4 is 11.6 Å². The molecule has 1 aromatic carbocycles. The molecule has 1 aromatic rings. The number of aliphatic hydroxyl groups excluding tert-OH is 1. The zero-order valence-electron chi connectivity index (χ0n) is 10.3. The Morgan fingerprint density at radius 2 is 2.21 bits per heavy atom. The van der Waals surface area contributed by atoms with E-state index in [1.807, 2.05) is 6.08 Å². The van der Waals surface area contributed by atoms with Crippen molar-refractivity contribution in [1.82, 2.24) is 0 Å². The van der Waals surface area contributed by atoms with Gasteiger partial charge in [0.25, 0.3) is 0 Å². The molecule has 2 aliphatic rings. The van der Waals surface area contributed by atoms with E-state index in [2.05, 4.69) is 12.2 Å². The average molecular weight is 281 g/mol. The van der Waals surface area contributed by atoms with Gasteiger partial charge in [0.2, 0.25) is 0 Å². The van der Waals surface area contributed by atoms with Gasteiger partial charge in [0.1, 0.15) is 11.6 Å². The maximum absolute atomic E-state index is 13.5. The molecule has 0 bridgehead atoms. The van der Waals surface area contributed by atoms with Crippen LogP contribution < -0.4 is 4.74 Å². The lowest BCUT2D eigenvalue weighted by Crippen LogP contribution is -2.40. The van der Waals surface area contributed by atoms with Gasteiger partial charge in [-0.1, -0.05) is 29.8 Å². The summed E-state index contributed by atoms with van der Waals surface area (Å²) in [6, 6.07) is 2.87. The molecule has 0 amide bonds. The van der Waals surface area contributed by atoms with Crippen LogP contribution in [0.15, 0.2) is 35.9 Å². The Bertz CT molecular complexity index is 547. The molecule has 100 valence electrons. The maximum Gasteiger partial charge on any atom is 0.161 e. The van der Waals surface area contributed by atoms with E-state index in [0.717, 1.165) is 24.0 Å². The number of allylic oxidation sites excluding steroid dienone is 2. The molecule has 0 saturated heterocycles. The first-order chi connectivity index (χ1) is 9.14. The molecule has 4 heteroatoms. The molecule has 1 heterocycles. The summed E-state index contributed by atoms with van der Waals surface area (Å²) < 4.78 is 19.3. The van der Waals surface area contributed by atoms with Gasteiger partial charge in [-0.05, 0) is 24.5 Å². The summed E-state index contributed by atoms with van der Waals surface area (Å²) in [5.74, 6) is -0.0295. The fraction of sp³-hybridized carbons (Fsp3) is 0.333. The molecule has 1 N–H and O–H groups in total. The normalized spacial score (nSPS) is 24.9. The van der Waals surface area contributed by atoms with Crippen molar-refractivity contribution in [1.29, 1.82) is 0 Å². The molecule has 0 aromatic heterocycles. The maximum atomic E-state index is 13.5. The van der Waals surface area contributed by atoms with Crippen molar-refractivity contribution in [2.24, 2.45) is 0 Å². The minimum Gasteiger partial charge on any atom is -0.479 e. The van der Waals surface area contributed by atoms with Crippen molar-refractivity contribution in [2.75, 3.05) is 6.61 Å². The Kier molecular flexibility index (Phi) is 3.11. The summed E-state index contributed by atoms with van der Waals surface area (Å²) in [4.78, 5) is 0. The third-order valence-electron chi connectivity index (χ3n) is 3.66. The van der Waals surface area contributed by atoms with Gasteiger partial charge in [-0.3, -0.25) is 0 Å². The molecule has 2 nitrogen and oxygen atoms in total. The molecule has 1 aliphatic heterocycles. The number of ether oxygens (including phenoxy) is 1. The molecule has 3 rings (SSSR count). The lowest BCUT2D eigenvalue weighted by Gasteiger charge is -2.29. The zero-order valence-corrected chi connectivity index (χ0v) is 11.1. The van der Waals surface area contributed by atoms with E-state index < -0.39 is 11.4 Å². The molecular weight excluding hydrogens is 267 g/mol. The van der Waals surface area contributed by atoms with Gasteiger partial charge in [0, 0.05) is 18.1 Å². The van der Waals surface area contributed by atoms with Crippen LogP contribution in [0.25, 0.3) is 0 Å². The molecule has 1 aliphatic carbocycles. The van der Waals surface area contributed by atoms with E-state index >= 15 is 0 Å². The van der Waals surface area contributed by atoms with Gasteiger partial charge >= 0.3 is 0 Å². The highest BCUT2D eigenvalue weighted by atomic mass is 35.5. The second-order valence-electron chi connectivity index (χ2n) is 4.94. The zero-order chi connectivity index (χ0) is 13.5. The van der Waals surface area contributed by atoms with Crippen LogP contribution in [0.2, 0.25) is 5.02 Å². The first-order valence-corrected chi connectivity index (χ1v) is 6.67. The van der Waals surface area contributed by atoms with Crippen LogP contribution in [0.5, 0.6) is 5.75 Å². The quantitative estimate of drug-likeness (QED) is 0.899. The summed E-state index contributed by atoms with van der Waals surface area (Å²) in [6.45, 7) is -0.142. The first kappa shape index (κ1) is 12.7. The smallest absolute Gasteiger partial charge is 0.161 e. The number of benzene rings is 1. The lowest BCUT2D eigenvalue weighted by atomic mass is 9.86. The fourth-order valence-corrected chi connectivity index (χ4v) is 2.84. The number of fused-ring (bicyclic) bond motifs is 1. The van der Waals surface area contributed by atoms with Crippen molar-refractivity contribution in [3.8, 4) is 5.75 Å². The highest BCUT2D eigenvalue weighted by molar-refractivity contribution is 6.30. The second-order valence-corrected chi connectivity index (χ2v) is 5.35. The van der Waals surface area contributed by atoms with Crippen molar-refractivity contribution < 1.29 is 14.2 Å². The number of hydrogen-bond acceptors (Lipinski definition) is 2. The van der Waals surface area contributed by atoms with Gasteiger partial charge in [-0.25, -0.2) is 4.39 Å². The van der Waals surface area contributed by atoms with Crippen LogP contribution in [0.1, 0.15) is 18.4 Å². The highest BCUT2D eigenvalue weighted by Crippen LogP contribution is 2.42. The van der Waals surface area contributed by atoms with Crippen molar-refractivity contribution in [3.05, 3.63) is 52.3 Å².